The number of carboxylic acid groups (broad SMARTS) is 1. The standard InChI is InChI=1S/C31H32N6O3S.C2HF3O2/c1-20-5-14-27(41-20)35-31(38)22-8-12-25(13-9-22)40-26-15-17-33-30-28(26)29(34-23-4-3-16-32-18-23)36-37(30)19-21-6-10-24(39-2)11-7-21;3-2(4,5)1(6)7/h5-15,17,23,32H,3-4,16,18-19H2,1-2H3,(H,34,36)(H,35,38);(H,6,7)/t23-;/m1./s1. The van der Waals surface area contributed by atoms with E-state index in [9.17, 15) is 18.0 Å². The summed E-state index contributed by atoms with van der Waals surface area (Å²) in [7, 11) is 1.66. The van der Waals surface area contributed by atoms with E-state index in [1.807, 2.05) is 66.2 Å². The van der Waals surface area contributed by atoms with Gasteiger partial charge < -0.3 is 35.3 Å². The molecule has 252 valence electrons. The van der Waals surface area contributed by atoms with Gasteiger partial charge in [-0.25, -0.2) is 9.67 Å². The van der Waals surface area contributed by atoms with Crippen molar-refractivity contribution in [1.82, 2.24) is 14.8 Å². The van der Waals surface area contributed by atoms with Crippen LogP contribution in [0.1, 0.15) is 33.6 Å². The number of nitrogens with two attached hydrogens (primary N) is 1. The average molecular weight is 683 g/mol. The second-order valence-corrected chi connectivity index (χ2v) is 12.2. The van der Waals surface area contributed by atoms with Crippen molar-refractivity contribution in [3.8, 4) is 17.2 Å². The van der Waals surface area contributed by atoms with E-state index in [2.05, 4.69) is 16.0 Å². The number of rotatable bonds is 9. The number of piperidine rings is 1. The lowest BCUT2D eigenvalue weighted by molar-refractivity contribution is -0.663. The SMILES string of the molecule is COc1ccc(Cn2nc(N[C@@H]3CCC[NH2+]C3)c3c(Oc4ccc(C(=O)Nc5ccc(C)s5)cc4)ccnc32)cc1.O=C([O-])C(F)(F)F. The monoisotopic (exact) mass is 682 g/mol. The van der Waals surface area contributed by atoms with Crippen molar-refractivity contribution in [2.45, 2.75) is 38.5 Å². The third-order valence-corrected chi connectivity index (χ3v) is 8.31. The van der Waals surface area contributed by atoms with Crippen LogP contribution >= 0.6 is 11.3 Å². The van der Waals surface area contributed by atoms with Gasteiger partial charge in [0, 0.05) is 22.7 Å². The van der Waals surface area contributed by atoms with Crippen molar-refractivity contribution in [1.29, 1.82) is 0 Å². The molecule has 1 amide bonds. The summed E-state index contributed by atoms with van der Waals surface area (Å²) in [5, 5.41) is 24.4. The van der Waals surface area contributed by atoms with Crippen LogP contribution in [0.5, 0.6) is 17.2 Å². The highest BCUT2D eigenvalue weighted by Gasteiger charge is 2.29. The maximum Gasteiger partial charge on any atom is 0.430 e. The van der Waals surface area contributed by atoms with Gasteiger partial charge in [0.05, 0.1) is 37.8 Å². The highest BCUT2D eigenvalue weighted by Crippen LogP contribution is 2.35. The first-order valence-electron chi connectivity index (χ1n) is 15.0. The molecule has 48 heavy (non-hydrogen) atoms. The Hall–Kier alpha value is -5.15. The molecule has 1 aliphatic rings. The Labute approximate surface area is 277 Å². The largest absolute Gasteiger partial charge is 0.542 e. The molecular weight excluding hydrogens is 649 g/mol. The first-order valence-corrected chi connectivity index (χ1v) is 15.8. The Kier molecular flexibility index (Phi) is 10.8. The summed E-state index contributed by atoms with van der Waals surface area (Å²) in [6, 6.07) is 21.2. The predicted octanol–water partition coefficient (Wildman–Crippen LogP) is 4.34. The van der Waals surface area contributed by atoms with Crippen LogP contribution in [-0.2, 0) is 11.3 Å². The fourth-order valence-electron chi connectivity index (χ4n) is 5.03. The van der Waals surface area contributed by atoms with Crippen LogP contribution in [0.4, 0.5) is 24.0 Å². The summed E-state index contributed by atoms with van der Waals surface area (Å²) in [5.74, 6) is -0.300. The number of aryl methyl sites for hydroxylation is 1. The molecule has 0 saturated carbocycles. The number of nitrogens with one attached hydrogen (secondary N) is 2. The Balaban J connectivity index is 0.000000582. The minimum Gasteiger partial charge on any atom is -0.542 e. The maximum atomic E-state index is 12.7. The lowest BCUT2D eigenvalue weighted by Crippen LogP contribution is -2.88. The number of anilines is 2. The van der Waals surface area contributed by atoms with Crippen LogP contribution in [0.15, 0.2) is 72.9 Å². The maximum absolute atomic E-state index is 12.7. The molecule has 5 aromatic rings. The number of ether oxygens (including phenoxy) is 2. The number of benzene rings is 2. The Bertz CT molecular complexity index is 1850. The van der Waals surface area contributed by atoms with Crippen molar-refractivity contribution in [3.63, 3.8) is 0 Å². The van der Waals surface area contributed by atoms with Crippen molar-refractivity contribution >= 4 is 45.1 Å². The number of halogens is 3. The number of hydrogen-bond donors (Lipinski definition) is 3. The zero-order valence-corrected chi connectivity index (χ0v) is 26.9. The van der Waals surface area contributed by atoms with Gasteiger partial charge in [0.15, 0.2) is 11.5 Å². The van der Waals surface area contributed by atoms with Gasteiger partial charge in [-0.05, 0) is 73.9 Å². The molecule has 1 fully saturated rings. The summed E-state index contributed by atoms with van der Waals surface area (Å²) < 4.78 is 45.2. The Morgan fingerprint density at radius 1 is 1.06 bits per heavy atom. The number of pyridine rings is 1. The van der Waals surface area contributed by atoms with Crippen LogP contribution in [-0.4, -0.2) is 59.1 Å². The average Bonchev–Trinajstić information content (AvgIpc) is 3.64. The fourth-order valence-corrected chi connectivity index (χ4v) is 5.79. The van der Waals surface area contributed by atoms with Crippen LogP contribution in [0.2, 0.25) is 0 Å². The van der Waals surface area contributed by atoms with Gasteiger partial charge >= 0.3 is 6.18 Å². The molecule has 4 N–H and O–H groups in total. The molecule has 0 bridgehead atoms. The number of aromatic nitrogens is 3. The van der Waals surface area contributed by atoms with Crippen LogP contribution < -0.4 is 30.5 Å². The molecule has 0 radical (unpaired) electrons. The molecule has 11 nitrogen and oxygen atoms in total. The molecule has 15 heteroatoms. The van der Waals surface area contributed by atoms with E-state index < -0.39 is 12.1 Å². The highest BCUT2D eigenvalue weighted by molar-refractivity contribution is 7.16. The van der Waals surface area contributed by atoms with Gasteiger partial charge in [0.1, 0.15) is 28.6 Å². The van der Waals surface area contributed by atoms with Crippen LogP contribution in [0, 0.1) is 6.92 Å². The number of nitrogens with zero attached hydrogens (tertiary/aromatic N) is 3. The number of aliphatic carboxylic acids is 1. The van der Waals surface area contributed by atoms with Gasteiger partial charge in [-0.1, -0.05) is 12.1 Å². The summed E-state index contributed by atoms with van der Waals surface area (Å²) in [6.07, 6.45) is -1.20. The molecule has 1 aliphatic heterocycles. The Morgan fingerprint density at radius 2 is 1.77 bits per heavy atom. The number of fused-ring (bicyclic) bond motifs is 1. The first kappa shape index (κ1) is 34.2. The van der Waals surface area contributed by atoms with Crippen molar-refractivity contribution in [3.05, 3.63) is 88.9 Å². The molecule has 0 aliphatic carbocycles. The zero-order valence-electron chi connectivity index (χ0n) is 26.0. The fraction of sp³-hybridized carbons (Fsp3) is 0.273. The normalized spacial score (nSPS) is 14.5. The lowest BCUT2D eigenvalue weighted by atomic mass is 10.1. The van der Waals surface area contributed by atoms with E-state index in [1.54, 1.807) is 36.8 Å². The second-order valence-electron chi connectivity index (χ2n) is 10.9. The van der Waals surface area contributed by atoms with E-state index in [1.165, 1.54) is 0 Å². The number of alkyl halides is 3. The van der Waals surface area contributed by atoms with Crippen LogP contribution in [0.3, 0.4) is 0 Å². The summed E-state index contributed by atoms with van der Waals surface area (Å²) >= 11 is 1.55. The molecule has 3 aromatic heterocycles. The molecule has 0 spiro atoms. The molecular formula is C33H33F3N6O5S. The quantitative estimate of drug-likeness (QED) is 0.208. The number of hydrogen-bond acceptors (Lipinski definition) is 9. The Morgan fingerprint density at radius 3 is 2.38 bits per heavy atom. The van der Waals surface area contributed by atoms with E-state index in [0.29, 0.717) is 29.6 Å². The number of carbonyl (C=O) groups is 2. The van der Waals surface area contributed by atoms with Crippen LogP contribution in [0.25, 0.3) is 11.0 Å². The van der Waals surface area contributed by atoms with E-state index >= 15 is 0 Å². The summed E-state index contributed by atoms with van der Waals surface area (Å²) in [4.78, 5) is 27.3. The third-order valence-electron chi connectivity index (χ3n) is 7.39. The number of amides is 1. The number of thiophene rings is 1. The topological polar surface area (TPSA) is 147 Å². The molecule has 4 heterocycles. The number of methoxy groups -OCH3 is 1. The lowest BCUT2D eigenvalue weighted by Gasteiger charge is -2.21. The van der Waals surface area contributed by atoms with Gasteiger partial charge in [0.25, 0.3) is 5.91 Å². The number of carbonyl (C=O) groups excluding carboxylic acids is 2. The summed E-state index contributed by atoms with van der Waals surface area (Å²) in [5.41, 5.74) is 2.39. The third kappa shape index (κ3) is 8.80. The molecule has 0 unspecified atom stereocenters. The van der Waals surface area contributed by atoms with Gasteiger partial charge in [-0.15, -0.1) is 11.3 Å². The summed E-state index contributed by atoms with van der Waals surface area (Å²) in [6.45, 7) is 4.72. The molecule has 1 saturated heterocycles. The van der Waals surface area contributed by atoms with Crippen molar-refractivity contribution < 1.29 is 42.7 Å². The van der Waals surface area contributed by atoms with Gasteiger partial charge in [0.2, 0.25) is 0 Å². The molecule has 6 rings (SSSR count). The van der Waals surface area contributed by atoms with Gasteiger partial charge in [-0.2, -0.15) is 18.3 Å². The van der Waals surface area contributed by atoms with E-state index in [0.717, 1.165) is 64.0 Å². The minimum atomic E-state index is -5.19. The van der Waals surface area contributed by atoms with E-state index in [-0.39, 0.29) is 5.91 Å². The first-order chi connectivity index (χ1) is 23.0. The zero-order chi connectivity index (χ0) is 34.3. The van der Waals surface area contributed by atoms with Crippen molar-refractivity contribution in [2.24, 2.45) is 0 Å². The van der Waals surface area contributed by atoms with E-state index in [4.69, 9.17) is 29.5 Å². The number of quaternary nitrogens is 1. The van der Waals surface area contributed by atoms with Crippen molar-refractivity contribution in [2.75, 3.05) is 30.8 Å². The molecule has 2 aromatic carbocycles. The van der Waals surface area contributed by atoms with Gasteiger partial charge in [-0.3, -0.25) is 4.79 Å². The highest BCUT2D eigenvalue weighted by atomic mass is 32.1. The predicted molar refractivity (Wildman–Crippen MR) is 173 cm³/mol. The smallest absolute Gasteiger partial charge is 0.430 e. The molecule has 1 atom stereocenters. The second kappa shape index (κ2) is 15.2. The minimum absolute atomic E-state index is 0.153. The number of carboxylic acids is 1.